The lowest BCUT2D eigenvalue weighted by molar-refractivity contribution is -0.173. The molecule has 0 radical (unpaired) electrons. The topological polar surface area (TPSA) is 108 Å². The summed E-state index contributed by atoms with van der Waals surface area (Å²) in [4.78, 5) is 41.1. The molecule has 240 valence electrons. The Hall–Kier alpha value is -4.33. The van der Waals surface area contributed by atoms with E-state index in [1.165, 1.54) is 6.07 Å². The SMILES string of the molecule is CCC(C)(CC(C)(CC(C)c1ccc(O)cc1)C(=O)OC(C)(C)c1ccccc1)C(=O)Oc1cccc2c1C(=O)OC(C)(C)O2. The van der Waals surface area contributed by atoms with Crippen LogP contribution in [-0.4, -0.2) is 28.8 Å². The molecule has 1 N–H and O–H groups in total. The molecular formula is C37H44O8. The van der Waals surface area contributed by atoms with E-state index in [2.05, 4.69) is 0 Å². The fraction of sp³-hybridized carbons (Fsp3) is 0.432. The minimum absolute atomic E-state index is 0.0321. The summed E-state index contributed by atoms with van der Waals surface area (Å²) in [6.45, 7) is 14.4. The zero-order valence-electron chi connectivity index (χ0n) is 27.4. The number of hydrogen-bond acceptors (Lipinski definition) is 8. The number of fused-ring (bicyclic) bond motifs is 1. The van der Waals surface area contributed by atoms with E-state index in [4.69, 9.17) is 18.9 Å². The number of phenols is 1. The molecule has 1 aliphatic heterocycles. The number of rotatable bonds is 11. The van der Waals surface area contributed by atoms with Crippen LogP contribution >= 0.6 is 0 Å². The van der Waals surface area contributed by atoms with Crippen LogP contribution in [0.25, 0.3) is 0 Å². The van der Waals surface area contributed by atoms with Crippen molar-refractivity contribution < 1.29 is 38.4 Å². The molecule has 8 heteroatoms. The summed E-state index contributed by atoms with van der Waals surface area (Å²) in [6, 6.07) is 21.2. The van der Waals surface area contributed by atoms with Crippen LogP contribution in [0.3, 0.4) is 0 Å². The van der Waals surface area contributed by atoms with Crippen LogP contribution in [0.1, 0.15) is 102 Å². The van der Waals surface area contributed by atoms with Gasteiger partial charge in [-0.1, -0.05) is 62.4 Å². The maximum absolute atomic E-state index is 14.3. The Morgan fingerprint density at radius 1 is 0.867 bits per heavy atom. The van der Waals surface area contributed by atoms with Gasteiger partial charge < -0.3 is 24.1 Å². The van der Waals surface area contributed by atoms with Crippen LogP contribution in [0, 0.1) is 10.8 Å². The highest BCUT2D eigenvalue weighted by Gasteiger charge is 2.48. The van der Waals surface area contributed by atoms with Gasteiger partial charge >= 0.3 is 17.9 Å². The van der Waals surface area contributed by atoms with Crippen molar-refractivity contribution in [1.82, 2.24) is 0 Å². The van der Waals surface area contributed by atoms with Crippen LogP contribution in [-0.2, 0) is 24.7 Å². The number of carbonyl (C=O) groups is 3. The zero-order valence-corrected chi connectivity index (χ0v) is 27.4. The molecule has 3 aromatic rings. The molecule has 0 amide bonds. The van der Waals surface area contributed by atoms with E-state index in [0.717, 1.165) is 11.1 Å². The lowest BCUT2D eigenvalue weighted by Gasteiger charge is -2.40. The average Bonchev–Trinajstić information content (AvgIpc) is 2.96. The van der Waals surface area contributed by atoms with Crippen molar-refractivity contribution in [2.75, 3.05) is 0 Å². The third-order valence-electron chi connectivity index (χ3n) is 8.67. The van der Waals surface area contributed by atoms with Gasteiger partial charge in [0.15, 0.2) is 0 Å². The van der Waals surface area contributed by atoms with Crippen LogP contribution in [0.2, 0.25) is 0 Å². The van der Waals surface area contributed by atoms with Gasteiger partial charge in [-0.25, -0.2) is 4.79 Å². The Morgan fingerprint density at radius 3 is 2.13 bits per heavy atom. The van der Waals surface area contributed by atoms with E-state index in [1.807, 2.05) is 77.1 Å². The molecule has 0 spiro atoms. The van der Waals surface area contributed by atoms with Crippen molar-refractivity contribution in [1.29, 1.82) is 0 Å². The molecule has 8 nitrogen and oxygen atoms in total. The van der Waals surface area contributed by atoms with E-state index in [0.29, 0.717) is 12.8 Å². The molecule has 1 heterocycles. The summed E-state index contributed by atoms with van der Waals surface area (Å²) in [5, 5.41) is 9.82. The summed E-state index contributed by atoms with van der Waals surface area (Å²) in [6.07, 6.45) is 0.832. The average molecular weight is 617 g/mol. The lowest BCUT2D eigenvalue weighted by atomic mass is 9.67. The molecule has 0 saturated heterocycles. The number of esters is 3. The molecule has 1 aliphatic rings. The van der Waals surface area contributed by atoms with Gasteiger partial charge in [-0.3, -0.25) is 9.59 Å². The Bertz CT molecular complexity index is 1540. The van der Waals surface area contributed by atoms with E-state index in [-0.39, 0.29) is 35.2 Å². The fourth-order valence-electron chi connectivity index (χ4n) is 5.95. The van der Waals surface area contributed by atoms with Crippen LogP contribution in [0.5, 0.6) is 17.2 Å². The maximum Gasteiger partial charge on any atom is 0.349 e. The van der Waals surface area contributed by atoms with Crippen molar-refractivity contribution in [3.8, 4) is 17.2 Å². The summed E-state index contributed by atoms with van der Waals surface area (Å²) >= 11 is 0. The molecule has 45 heavy (non-hydrogen) atoms. The maximum atomic E-state index is 14.3. The molecule has 0 aromatic heterocycles. The van der Waals surface area contributed by atoms with E-state index in [1.54, 1.807) is 45.0 Å². The van der Waals surface area contributed by atoms with Gasteiger partial charge in [0.25, 0.3) is 0 Å². The second-order valence-corrected chi connectivity index (χ2v) is 13.5. The number of aromatic hydroxyl groups is 1. The van der Waals surface area contributed by atoms with Gasteiger partial charge in [0.05, 0.1) is 10.8 Å². The highest BCUT2D eigenvalue weighted by atomic mass is 16.7. The summed E-state index contributed by atoms with van der Waals surface area (Å²) in [5.41, 5.74) is -1.38. The second-order valence-electron chi connectivity index (χ2n) is 13.5. The van der Waals surface area contributed by atoms with Gasteiger partial charge in [-0.15, -0.1) is 0 Å². The Kier molecular flexibility index (Phi) is 9.38. The van der Waals surface area contributed by atoms with E-state index < -0.39 is 40.1 Å². The molecule has 0 aliphatic carbocycles. The van der Waals surface area contributed by atoms with Crippen molar-refractivity contribution in [2.24, 2.45) is 10.8 Å². The first kappa shape index (κ1) is 33.6. The highest BCUT2D eigenvalue weighted by molar-refractivity contribution is 5.97. The van der Waals surface area contributed by atoms with Crippen molar-refractivity contribution in [2.45, 2.75) is 92.0 Å². The molecule has 0 saturated carbocycles. The van der Waals surface area contributed by atoms with Gasteiger partial charge in [0.2, 0.25) is 5.79 Å². The van der Waals surface area contributed by atoms with Crippen LogP contribution in [0.4, 0.5) is 0 Å². The molecular weight excluding hydrogens is 572 g/mol. The first-order valence-electron chi connectivity index (χ1n) is 15.3. The monoisotopic (exact) mass is 616 g/mol. The second kappa shape index (κ2) is 12.6. The minimum Gasteiger partial charge on any atom is -0.508 e. The molecule has 3 atom stereocenters. The predicted octanol–water partition coefficient (Wildman–Crippen LogP) is 8.07. The van der Waals surface area contributed by atoms with Crippen LogP contribution < -0.4 is 9.47 Å². The van der Waals surface area contributed by atoms with E-state index in [9.17, 15) is 19.5 Å². The van der Waals surface area contributed by atoms with Crippen molar-refractivity contribution in [3.63, 3.8) is 0 Å². The number of phenolic OH excluding ortho intramolecular Hbond substituents is 1. The number of benzene rings is 3. The quantitative estimate of drug-likeness (QED) is 0.170. The zero-order chi connectivity index (χ0) is 33.2. The number of cyclic esters (lactones) is 1. The van der Waals surface area contributed by atoms with Crippen LogP contribution in [0.15, 0.2) is 72.8 Å². The molecule has 3 unspecified atom stereocenters. The van der Waals surface area contributed by atoms with E-state index >= 15 is 0 Å². The number of hydrogen-bond donors (Lipinski definition) is 1. The molecule has 0 bridgehead atoms. The number of ether oxygens (including phenoxy) is 4. The van der Waals surface area contributed by atoms with Gasteiger partial charge in [0, 0.05) is 13.8 Å². The Morgan fingerprint density at radius 2 is 1.51 bits per heavy atom. The summed E-state index contributed by atoms with van der Waals surface area (Å²) < 4.78 is 23.3. The smallest absolute Gasteiger partial charge is 0.349 e. The third-order valence-corrected chi connectivity index (χ3v) is 8.67. The van der Waals surface area contributed by atoms with Gasteiger partial charge in [-0.2, -0.15) is 0 Å². The lowest BCUT2D eigenvalue weighted by Crippen LogP contribution is -2.44. The van der Waals surface area contributed by atoms with Gasteiger partial charge in [-0.05, 0) is 88.3 Å². The summed E-state index contributed by atoms with van der Waals surface area (Å²) in [7, 11) is 0. The predicted molar refractivity (Wildman–Crippen MR) is 170 cm³/mol. The molecule has 3 aromatic carbocycles. The largest absolute Gasteiger partial charge is 0.508 e. The number of carbonyl (C=O) groups excluding carboxylic acids is 3. The Labute approximate surface area is 265 Å². The summed E-state index contributed by atoms with van der Waals surface area (Å²) in [5.74, 6) is -2.50. The normalized spacial score (nSPS) is 17.4. The third kappa shape index (κ3) is 7.49. The van der Waals surface area contributed by atoms with Gasteiger partial charge in [0.1, 0.15) is 28.4 Å². The fourth-order valence-corrected chi connectivity index (χ4v) is 5.95. The van der Waals surface area contributed by atoms with Crippen molar-refractivity contribution in [3.05, 3.63) is 89.5 Å². The standard InChI is InChI=1S/C37H44O8/c1-9-36(7,32(40)42-28-16-13-17-29-30(28)31(39)44-35(5,6)43-29)23-37(8,22-24(2)25-18-20-27(38)21-19-25)33(41)45-34(3,4)26-14-11-10-12-15-26/h10-21,24,38H,9,22-23H2,1-8H3. The molecule has 4 rings (SSSR count). The van der Waals surface area contributed by atoms with Crippen molar-refractivity contribution >= 4 is 17.9 Å². The minimum atomic E-state index is -1.16. The molecule has 0 fully saturated rings. The Balaban J connectivity index is 1.66. The first-order chi connectivity index (χ1) is 21.0. The highest BCUT2D eigenvalue weighted by Crippen LogP contribution is 2.46. The first-order valence-corrected chi connectivity index (χ1v) is 15.3.